The van der Waals surface area contributed by atoms with Gasteiger partial charge < -0.3 is 10.8 Å². The highest BCUT2D eigenvalue weighted by Gasteiger charge is 2.06. The first-order valence-corrected chi connectivity index (χ1v) is 4.21. The Hall–Kier alpha value is -0.730. The van der Waals surface area contributed by atoms with Crippen LogP contribution in [0.3, 0.4) is 0 Å². The van der Waals surface area contributed by atoms with Gasteiger partial charge in [-0.2, -0.15) is 0 Å². The topological polar surface area (TPSA) is 46.2 Å². The van der Waals surface area contributed by atoms with Gasteiger partial charge in [0.05, 0.1) is 5.02 Å². The summed E-state index contributed by atoms with van der Waals surface area (Å²) in [6.45, 7) is 1.89. The molecule has 1 aromatic carbocycles. The number of nitrogens with two attached hydrogens (primary N) is 1. The summed E-state index contributed by atoms with van der Waals surface area (Å²) in [5.41, 5.74) is 6.39. The van der Waals surface area contributed by atoms with Gasteiger partial charge >= 0.3 is 0 Å². The van der Waals surface area contributed by atoms with Gasteiger partial charge in [0.15, 0.2) is 0 Å². The number of phenols is 1. The molecule has 1 aromatic rings. The molecule has 12 heavy (non-hydrogen) atoms. The van der Waals surface area contributed by atoms with Crippen molar-refractivity contribution in [2.24, 2.45) is 5.73 Å². The Kier molecular flexibility index (Phi) is 2.95. The summed E-state index contributed by atoms with van der Waals surface area (Å²) >= 11 is 5.71. The maximum Gasteiger partial charge on any atom is 0.137 e. The van der Waals surface area contributed by atoms with Gasteiger partial charge in [-0.25, -0.2) is 0 Å². The third-order valence-electron chi connectivity index (χ3n) is 1.61. The van der Waals surface area contributed by atoms with E-state index >= 15 is 0 Å². The van der Waals surface area contributed by atoms with Crippen LogP contribution in [0.1, 0.15) is 12.5 Å². The molecular formula is C9H12ClNO. The molecule has 0 heterocycles. The number of hydrogen-bond acceptors (Lipinski definition) is 2. The lowest BCUT2D eigenvalue weighted by atomic mass is 10.1. The van der Waals surface area contributed by atoms with Crippen LogP contribution < -0.4 is 5.73 Å². The molecule has 2 nitrogen and oxygen atoms in total. The summed E-state index contributed by atoms with van der Waals surface area (Å²) in [4.78, 5) is 0. The van der Waals surface area contributed by atoms with Gasteiger partial charge in [-0.3, -0.25) is 0 Å². The van der Waals surface area contributed by atoms with Crippen molar-refractivity contribution >= 4 is 11.6 Å². The molecule has 0 saturated carbocycles. The zero-order chi connectivity index (χ0) is 9.14. The van der Waals surface area contributed by atoms with Crippen molar-refractivity contribution < 1.29 is 5.11 Å². The van der Waals surface area contributed by atoms with Crippen LogP contribution >= 0.6 is 11.6 Å². The molecule has 0 aliphatic carbocycles. The van der Waals surface area contributed by atoms with Crippen LogP contribution in [-0.2, 0) is 6.42 Å². The lowest BCUT2D eigenvalue weighted by molar-refractivity contribution is 0.466. The molecule has 0 radical (unpaired) electrons. The molecule has 0 aromatic heterocycles. The van der Waals surface area contributed by atoms with Gasteiger partial charge in [-0.05, 0) is 25.0 Å². The minimum Gasteiger partial charge on any atom is -0.506 e. The minimum atomic E-state index is 0.0365. The molecule has 0 bridgehead atoms. The average Bonchev–Trinajstić information content (AvgIpc) is 1.98. The van der Waals surface area contributed by atoms with Crippen LogP contribution in [0.2, 0.25) is 5.02 Å². The second-order valence-electron chi connectivity index (χ2n) is 2.93. The van der Waals surface area contributed by atoms with Gasteiger partial charge in [0.25, 0.3) is 0 Å². The van der Waals surface area contributed by atoms with E-state index in [2.05, 4.69) is 0 Å². The van der Waals surface area contributed by atoms with Gasteiger partial charge in [0, 0.05) is 6.04 Å². The third kappa shape index (κ3) is 2.13. The fourth-order valence-corrected chi connectivity index (χ4v) is 1.27. The van der Waals surface area contributed by atoms with Gasteiger partial charge in [-0.1, -0.05) is 23.7 Å². The summed E-state index contributed by atoms with van der Waals surface area (Å²) in [6.07, 6.45) is 0.645. The zero-order valence-corrected chi connectivity index (χ0v) is 7.67. The summed E-state index contributed by atoms with van der Waals surface area (Å²) in [5, 5.41) is 9.84. The van der Waals surface area contributed by atoms with Crippen molar-refractivity contribution in [3.63, 3.8) is 0 Å². The molecule has 0 saturated heterocycles. The molecule has 0 spiro atoms. The zero-order valence-electron chi connectivity index (χ0n) is 6.92. The maximum absolute atomic E-state index is 9.46. The van der Waals surface area contributed by atoms with Crippen molar-refractivity contribution in [3.8, 4) is 5.75 Å². The van der Waals surface area contributed by atoms with Crippen LogP contribution in [0.4, 0.5) is 0 Å². The number of halogens is 1. The normalized spacial score (nSPS) is 12.9. The lowest BCUT2D eigenvalue weighted by Gasteiger charge is -2.07. The van der Waals surface area contributed by atoms with E-state index in [1.54, 1.807) is 12.1 Å². The molecule has 0 fully saturated rings. The smallest absolute Gasteiger partial charge is 0.137 e. The molecule has 1 atom stereocenters. The summed E-state index contributed by atoms with van der Waals surface area (Å²) in [5.74, 6) is 0.150. The monoisotopic (exact) mass is 185 g/mol. The van der Waals surface area contributed by atoms with Crippen LogP contribution in [-0.4, -0.2) is 11.1 Å². The Labute approximate surface area is 77.0 Å². The Balaban J connectivity index is 2.92. The predicted molar refractivity (Wildman–Crippen MR) is 50.5 cm³/mol. The number of rotatable bonds is 2. The molecule has 0 aliphatic rings. The number of para-hydroxylation sites is 1. The van der Waals surface area contributed by atoms with Crippen molar-refractivity contribution in [2.45, 2.75) is 19.4 Å². The maximum atomic E-state index is 9.46. The van der Waals surface area contributed by atoms with Gasteiger partial charge in [-0.15, -0.1) is 0 Å². The molecule has 3 N–H and O–H groups in total. The average molecular weight is 186 g/mol. The summed E-state index contributed by atoms with van der Waals surface area (Å²) in [7, 11) is 0. The Bertz CT molecular complexity index is 273. The summed E-state index contributed by atoms with van der Waals surface area (Å²) in [6, 6.07) is 5.32. The first-order valence-electron chi connectivity index (χ1n) is 3.83. The van der Waals surface area contributed by atoms with Crippen molar-refractivity contribution in [1.29, 1.82) is 0 Å². The highest BCUT2D eigenvalue weighted by atomic mass is 35.5. The highest BCUT2D eigenvalue weighted by molar-refractivity contribution is 6.32. The van der Waals surface area contributed by atoms with E-state index in [1.807, 2.05) is 13.0 Å². The largest absolute Gasteiger partial charge is 0.506 e. The second-order valence-corrected chi connectivity index (χ2v) is 3.34. The molecule has 3 heteroatoms. The molecular weight excluding hydrogens is 174 g/mol. The van der Waals surface area contributed by atoms with E-state index in [4.69, 9.17) is 17.3 Å². The van der Waals surface area contributed by atoms with E-state index in [0.29, 0.717) is 11.4 Å². The SMILES string of the molecule is C[C@@H](N)Cc1cccc(Cl)c1O. The minimum absolute atomic E-state index is 0.0365. The molecule has 66 valence electrons. The number of aromatic hydroxyl groups is 1. The van der Waals surface area contributed by atoms with E-state index in [9.17, 15) is 5.11 Å². The van der Waals surface area contributed by atoms with Crippen LogP contribution in [0, 0.1) is 0 Å². The predicted octanol–water partition coefficient (Wildman–Crippen LogP) is 1.94. The van der Waals surface area contributed by atoms with Crippen LogP contribution in [0.5, 0.6) is 5.75 Å². The van der Waals surface area contributed by atoms with Gasteiger partial charge in [0.2, 0.25) is 0 Å². The second kappa shape index (κ2) is 3.78. The van der Waals surface area contributed by atoms with Gasteiger partial charge in [0.1, 0.15) is 5.75 Å². The van der Waals surface area contributed by atoms with Crippen LogP contribution in [0.15, 0.2) is 18.2 Å². The van der Waals surface area contributed by atoms with Crippen molar-refractivity contribution in [3.05, 3.63) is 28.8 Å². The van der Waals surface area contributed by atoms with Crippen molar-refractivity contribution in [1.82, 2.24) is 0 Å². The standard InChI is InChI=1S/C9H12ClNO/c1-6(11)5-7-3-2-4-8(10)9(7)12/h2-4,6,12H,5,11H2,1H3/t6-/m1/s1. The first kappa shape index (κ1) is 9.36. The fourth-order valence-electron chi connectivity index (χ4n) is 1.07. The van der Waals surface area contributed by atoms with E-state index < -0.39 is 0 Å². The van der Waals surface area contributed by atoms with E-state index in [0.717, 1.165) is 5.56 Å². The quantitative estimate of drug-likeness (QED) is 0.740. The lowest BCUT2D eigenvalue weighted by Crippen LogP contribution is -2.17. The molecule has 1 rings (SSSR count). The number of phenolic OH excluding ortho intramolecular Hbond substituents is 1. The Morgan fingerprint density at radius 1 is 1.58 bits per heavy atom. The first-order chi connectivity index (χ1) is 5.61. The van der Waals surface area contributed by atoms with E-state index in [-0.39, 0.29) is 11.8 Å². The Morgan fingerprint density at radius 3 is 2.83 bits per heavy atom. The molecule has 0 aliphatic heterocycles. The number of hydrogen-bond donors (Lipinski definition) is 2. The fraction of sp³-hybridized carbons (Fsp3) is 0.333. The van der Waals surface area contributed by atoms with Crippen LogP contribution in [0.25, 0.3) is 0 Å². The molecule has 0 unspecified atom stereocenters. The third-order valence-corrected chi connectivity index (χ3v) is 1.92. The van der Waals surface area contributed by atoms with E-state index in [1.165, 1.54) is 0 Å². The number of benzene rings is 1. The van der Waals surface area contributed by atoms with Crippen molar-refractivity contribution in [2.75, 3.05) is 0 Å². The molecule has 0 amide bonds. The Morgan fingerprint density at radius 2 is 2.25 bits per heavy atom. The summed E-state index contributed by atoms with van der Waals surface area (Å²) < 4.78 is 0. The highest BCUT2D eigenvalue weighted by Crippen LogP contribution is 2.27.